The topological polar surface area (TPSA) is 61.2 Å². The van der Waals surface area contributed by atoms with Crippen molar-refractivity contribution in [3.05, 3.63) is 94.4 Å². The van der Waals surface area contributed by atoms with Crippen LogP contribution < -0.4 is 14.8 Å². The Hall–Kier alpha value is -3.42. The van der Waals surface area contributed by atoms with Crippen molar-refractivity contribution in [2.45, 2.75) is 19.5 Å². The van der Waals surface area contributed by atoms with Gasteiger partial charge in [-0.05, 0) is 48.4 Å². The van der Waals surface area contributed by atoms with E-state index >= 15 is 0 Å². The smallest absolute Gasteiger partial charge is 0.160 e. The third-order valence-corrected chi connectivity index (χ3v) is 5.78. The number of methoxy groups -OCH3 is 2. The molecule has 0 atom stereocenters. The van der Waals surface area contributed by atoms with Gasteiger partial charge in [0.1, 0.15) is 17.2 Å². The van der Waals surface area contributed by atoms with Crippen molar-refractivity contribution < 1.29 is 13.9 Å². The molecule has 0 aliphatic carbocycles. The third-order valence-electron chi connectivity index (χ3n) is 5.43. The molecule has 0 amide bonds. The average molecular weight is 481 g/mol. The van der Waals surface area contributed by atoms with Crippen LogP contribution in [-0.2, 0) is 19.5 Å². The fourth-order valence-corrected chi connectivity index (χ4v) is 3.90. The molecule has 4 aromatic rings. The summed E-state index contributed by atoms with van der Waals surface area (Å²) in [6.07, 6.45) is 0.820. The van der Waals surface area contributed by atoms with Gasteiger partial charge >= 0.3 is 0 Å². The van der Waals surface area contributed by atoms with E-state index in [0.717, 1.165) is 41.0 Å². The van der Waals surface area contributed by atoms with Gasteiger partial charge in [-0.1, -0.05) is 54.1 Å². The van der Waals surface area contributed by atoms with Gasteiger partial charge < -0.3 is 14.8 Å². The third kappa shape index (κ3) is 5.73. The van der Waals surface area contributed by atoms with Crippen LogP contribution in [0.3, 0.4) is 0 Å². The maximum absolute atomic E-state index is 13.4. The Labute approximate surface area is 203 Å². The zero-order chi connectivity index (χ0) is 23.9. The van der Waals surface area contributed by atoms with Crippen LogP contribution in [0.1, 0.15) is 16.8 Å². The Kier molecular flexibility index (Phi) is 7.77. The van der Waals surface area contributed by atoms with Gasteiger partial charge in [0.2, 0.25) is 0 Å². The molecule has 0 saturated heterocycles. The summed E-state index contributed by atoms with van der Waals surface area (Å²) in [5.41, 5.74) is 4.51. The molecule has 0 fully saturated rings. The first kappa shape index (κ1) is 23.7. The van der Waals surface area contributed by atoms with Crippen LogP contribution in [0.15, 0.2) is 66.7 Å². The Bertz CT molecular complexity index is 1250. The van der Waals surface area contributed by atoms with E-state index in [-0.39, 0.29) is 5.82 Å². The number of rotatable bonds is 10. The van der Waals surface area contributed by atoms with E-state index in [2.05, 4.69) is 5.32 Å². The second kappa shape index (κ2) is 11.1. The maximum atomic E-state index is 13.4. The number of hydrogen-bond donors (Lipinski definition) is 1. The minimum Gasteiger partial charge on any atom is -0.493 e. The number of aromatic nitrogens is 3. The van der Waals surface area contributed by atoms with Crippen molar-refractivity contribution in [1.82, 2.24) is 20.3 Å². The second-order valence-corrected chi connectivity index (χ2v) is 8.15. The van der Waals surface area contributed by atoms with Crippen molar-refractivity contribution >= 4 is 11.6 Å². The molecule has 0 bridgehead atoms. The van der Waals surface area contributed by atoms with Gasteiger partial charge in [0.25, 0.3) is 0 Å². The minimum absolute atomic E-state index is 0.352. The van der Waals surface area contributed by atoms with E-state index in [1.165, 1.54) is 12.1 Å². The molecule has 0 aliphatic rings. The van der Waals surface area contributed by atoms with E-state index in [9.17, 15) is 4.39 Å². The number of benzene rings is 3. The number of ether oxygens (including phenoxy) is 2. The molecule has 176 valence electrons. The van der Waals surface area contributed by atoms with Gasteiger partial charge in [-0.25, -0.2) is 4.39 Å². The van der Waals surface area contributed by atoms with Gasteiger partial charge in [-0.2, -0.15) is 15.0 Å². The van der Waals surface area contributed by atoms with Crippen molar-refractivity contribution in [1.29, 1.82) is 0 Å². The fraction of sp³-hybridized carbons (Fsp3) is 0.231. The molecule has 1 N–H and O–H groups in total. The molecule has 1 aromatic heterocycles. The number of nitrogens with zero attached hydrogens (tertiary/aromatic N) is 3. The van der Waals surface area contributed by atoms with Crippen LogP contribution in [0.25, 0.3) is 11.3 Å². The van der Waals surface area contributed by atoms with Crippen LogP contribution in [-0.4, -0.2) is 35.8 Å². The summed E-state index contributed by atoms with van der Waals surface area (Å²) in [7, 11) is 3.26. The molecule has 0 spiro atoms. The highest BCUT2D eigenvalue weighted by Gasteiger charge is 2.14. The Balaban J connectivity index is 1.47. The van der Waals surface area contributed by atoms with Gasteiger partial charge in [0.05, 0.1) is 20.8 Å². The summed E-state index contributed by atoms with van der Waals surface area (Å²) < 4.78 is 24.1. The maximum Gasteiger partial charge on any atom is 0.160 e. The van der Waals surface area contributed by atoms with E-state index in [0.29, 0.717) is 29.6 Å². The molecule has 6 nitrogen and oxygen atoms in total. The standard InChI is InChI=1S/C26H26ClFN4O2/c1-33-24-11-8-18(14-25(24)34-2)12-13-29-16-23-26(19-6-4-3-5-7-19)31-32(30-23)17-20-9-10-21(28)15-22(20)27/h3-11,14-15,29H,12-13,16-17H2,1-2H3. The summed E-state index contributed by atoms with van der Waals surface area (Å²) in [5, 5.41) is 13.2. The first-order chi connectivity index (χ1) is 16.6. The first-order valence-corrected chi connectivity index (χ1v) is 11.3. The van der Waals surface area contributed by atoms with Gasteiger partial charge in [-0.3, -0.25) is 0 Å². The molecule has 4 rings (SSSR count). The predicted molar refractivity (Wildman–Crippen MR) is 131 cm³/mol. The minimum atomic E-state index is -0.369. The highest BCUT2D eigenvalue weighted by atomic mass is 35.5. The average Bonchev–Trinajstić information content (AvgIpc) is 3.26. The molecular weight excluding hydrogens is 455 g/mol. The van der Waals surface area contributed by atoms with Crippen molar-refractivity contribution in [3.8, 4) is 22.8 Å². The normalized spacial score (nSPS) is 10.9. The molecule has 0 aliphatic heterocycles. The largest absolute Gasteiger partial charge is 0.493 e. The lowest BCUT2D eigenvalue weighted by Gasteiger charge is -2.10. The lowest BCUT2D eigenvalue weighted by atomic mass is 10.1. The molecule has 8 heteroatoms. The highest BCUT2D eigenvalue weighted by Crippen LogP contribution is 2.27. The lowest BCUT2D eigenvalue weighted by molar-refractivity contribution is 0.354. The first-order valence-electron chi connectivity index (χ1n) is 10.9. The summed E-state index contributed by atoms with van der Waals surface area (Å²) in [6.45, 7) is 1.65. The Morgan fingerprint density at radius 3 is 2.47 bits per heavy atom. The number of halogens is 2. The zero-order valence-electron chi connectivity index (χ0n) is 19.1. The Morgan fingerprint density at radius 2 is 1.74 bits per heavy atom. The van der Waals surface area contributed by atoms with Crippen LogP contribution >= 0.6 is 11.6 Å². The van der Waals surface area contributed by atoms with E-state index in [4.69, 9.17) is 31.3 Å². The summed E-state index contributed by atoms with van der Waals surface area (Å²) >= 11 is 6.21. The van der Waals surface area contributed by atoms with Crippen LogP contribution in [0.5, 0.6) is 11.5 Å². The molecule has 1 heterocycles. The van der Waals surface area contributed by atoms with E-state index in [1.807, 2.05) is 48.5 Å². The fourth-order valence-electron chi connectivity index (χ4n) is 3.67. The van der Waals surface area contributed by atoms with Crippen molar-refractivity contribution in [2.24, 2.45) is 0 Å². The molecule has 34 heavy (non-hydrogen) atoms. The molecule has 0 unspecified atom stereocenters. The number of hydrogen-bond acceptors (Lipinski definition) is 5. The molecule has 0 saturated carbocycles. The van der Waals surface area contributed by atoms with Crippen molar-refractivity contribution in [3.63, 3.8) is 0 Å². The molecular formula is C26H26ClFN4O2. The van der Waals surface area contributed by atoms with Gasteiger partial charge in [0.15, 0.2) is 11.5 Å². The molecule has 3 aromatic carbocycles. The summed E-state index contributed by atoms with van der Waals surface area (Å²) in [4.78, 5) is 1.60. The summed E-state index contributed by atoms with van der Waals surface area (Å²) in [6, 6.07) is 20.2. The quantitative estimate of drug-likeness (QED) is 0.319. The van der Waals surface area contributed by atoms with E-state index in [1.54, 1.807) is 25.1 Å². The second-order valence-electron chi connectivity index (χ2n) is 7.74. The predicted octanol–water partition coefficient (Wildman–Crippen LogP) is 5.14. The monoisotopic (exact) mass is 480 g/mol. The van der Waals surface area contributed by atoms with E-state index < -0.39 is 0 Å². The van der Waals surface area contributed by atoms with Gasteiger partial charge in [0, 0.05) is 17.1 Å². The van der Waals surface area contributed by atoms with Crippen LogP contribution in [0.4, 0.5) is 4.39 Å². The summed E-state index contributed by atoms with van der Waals surface area (Å²) in [5.74, 6) is 1.06. The van der Waals surface area contributed by atoms with Crippen LogP contribution in [0.2, 0.25) is 5.02 Å². The van der Waals surface area contributed by atoms with Crippen molar-refractivity contribution in [2.75, 3.05) is 20.8 Å². The lowest BCUT2D eigenvalue weighted by Crippen LogP contribution is -2.17. The SMILES string of the molecule is COc1ccc(CCNCc2nn(Cc3ccc(F)cc3Cl)nc2-c2ccccc2)cc1OC. The van der Waals surface area contributed by atoms with Gasteiger partial charge in [-0.15, -0.1) is 0 Å². The Morgan fingerprint density at radius 1 is 0.941 bits per heavy atom. The molecule has 0 radical (unpaired) electrons. The number of nitrogens with one attached hydrogen (secondary N) is 1. The zero-order valence-corrected chi connectivity index (χ0v) is 19.8. The van der Waals surface area contributed by atoms with Crippen LogP contribution in [0, 0.1) is 5.82 Å². The highest BCUT2D eigenvalue weighted by molar-refractivity contribution is 6.31.